The van der Waals surface area contributed by atoms with E-state index in [4.69, 9.17) is 0 Å². The lowest BCUT2D eigenvalue weighted by Gasteiger charge is -2.40. The number of aliphatic hydroxyl groups excluding tert-OH is 2. The Bertz CT molecular complexity index is 280. The lowest BCUT2D eigenvalue weighted by atomic mass is 9.68. The van der Waals surface area contributed by atoms with Gasteiger partial charge in [0, 0.05) is 11.5 Å². The van der Waals surface area contributed by atoms with E-state index in [0.29, 0.717) is 12.0 Å². The lowest BCUT2D eigenvalue weighted by Crippen LogP contribution is -2.39. The van der Waals surface area contributed by atoms with Gasteiger partial charge in [-0.2, -0.15) is 0 Å². The number of fused-ring (bicyclic) bond motifs is 2. The quantitative estimate of drug-likeness (QED) is 0.640. The van der Waals surface area contributed by atoms with Gasteiger partial charge in [0.25, 0.3) is 0 Å². The van der Waals surface area contributed by atoms with Crippen LogP contribution in [0.15, 0.2) is 11.3 Å². The molecule has 2 N–H and O–H groups in total. The van der Waals surface area contributed by atoms with Crippen LogP contribution in [-0.4, -0.2) is 22.1 Å². The minimum atomic E-state index is -0.443. The molecule has 3 unspecified atom stereocenters. The van der Waals surface area contributed by atoms with Gasteiger partial charge in [0.05, 0.1) is 6.10 Å². The minimum absolute atomic E-state index is 0.0425. The van der Waals surface area contributed by atoms with Gasteiger partial charge in [0.15, 0.2) is 5.78 Å². The van der Waals surface area contributed by atoms with Crippen molar-refractivity contribution in [2.45, 2.75) is 32.3 Å². The van der Waals surface area contributed by atoms with Crippen molar-refractivity contribution in [2.75, 3.05) is 0 Å². The Labute approximate surface area is 77.1 Å². The Balaban J connectivity index is 2.41. The number of Topliss-reactive ketones (excluding diaryl/α,β-unsaturated/α-hetero) is 1. The van der Waals surface area contributed by atoms with Crippen LogP contribution in [0.25, 0.3) is 0 Å². The molecule has 0 aromatic rings. The van der Waals surface area contributed by atoms with E-state index >= 15 is 0 Å². The molecule has 1 fully saturated rings. The van der Waals surface area contributed by atoms with Gasteiger partial charge in [-0.05, 0) is 32.1 Å². The van der Waals surface area contributed by atoms with Crippen LogP contribution in [0.4, 0.5) is 0 Å². The summed E-state index contributed by atoms with van der Waals surface area (Å²) in [6.45, 7) is 1.48. The minimum Gasteiger partial charge on any atom is -0.511 e. The van der Waals surface area contributed by atoms with Gasteiger partial charge >= 0.3 is 0 Å². The first-order valence-corrected chi connectivity index (χ1v) is 4.73. The van der Waals surface area contributed by atoms with Crippen molar-refractivity contribution >= 4 is 5.78 Å². The largest absolute Gasteiger partial charge is 0.511 e. The second kappa shape index (κ2) is 2.84. The van der Waals surface area contributed by atoms with Crippen LogP contribution in [0.2, 0.25) is 0 Å². The Morgan fingerprint density at radius 3 is 2.62 bits per heavy atom. The zero-order valence-corrected chi connectivity index (χ0v) is 7.66. The summed E-state index contributed by atoms with van der Waals surface area (Å²) < 4.78 is 0. The number of allylic oxidation sites excluding steroid dienone is 1. The van der Waals surface area contributed by atoms with Gasteiger partial charge in [-0.15, -0.1) is 0 Å². The highest BCUT2D eigenvalue weighted by Gasteiger charge is 2.42. The van der Waals surface area contributed by atoms with Crippen molar-refractivity contribution in [1.29, 1.82) is 0 Å². The second-order valence-electron chi connectivity index (χ2n) is 4.04. The first-order valence-electron chi connectivity index (χ1n) is 4.73. The molecule has 3 nitrogen and oxygen atoms in total. The van der Waals surface area contributed by atoms with E-state index in [-0.39, 0.29) is 23.4 Å². The van der Waals surface area contributed by atoms with E-state index in [1.54, 1.807) is 0 Å². The maximum Gasteiger partial charge on any atom is 0.159 e. The number of rotatable bonds is 1. The average molecular weight is 182 g/mol. The number of aliphatic hydroxyl groups is 2. The highest BCUT2D eigenvalue weighted by molar-refractivity contribution is 5.94. The van der Waals surface area contributed by atoms with E-state index in [9.17, 15) is 15.0 Å². The molecule has 1 saturated carbocycles. The van der Waals surface area contributed by atoms with Crippen molar-refractivity contribution in [3.8, 4) is 0 Å². The maximum atomic E-state index is 11.2. The van der Waals surface area contributed by atoms with Crippen LogP contribution >= 0.6 is 0 Å². The second-order valence-corrected chi connectivity index (χ2v) is 4.04. The summed E-state index contributed by atoms with van der Waals surface area (Å²) in [4.78, 5) is 11.2. The Morgan fingerprint density at radius 2 is 2.15 bits per heavy atom. The first kappa shape index (κ1) is 8.75. The summed E-state index contributed by atoms with van der Waals surface area (Å²) in [5.41, 5.74) is 0.571. The van der Waals surface area contributed by atoms with Gasteiger partial charge in [0.2, 0.25) is 0 Å². The van der Waals surface area contributed by atoms with Gasteiger partial charge in [-0.1, -0.05) is 0 Å². The van der Waals surface area contributed by atoms with E-state index in [2.05, 4.69) is 0 Å². The highest BCUT2D eigenvalue weighted by atomic mass is 16.3. The number of ketones is 1. The molecule has 13 heavy (non-hydrogen) atoms. The molecule has 0 heterocycles. The van der Waals surface area contributed by atoms with Crippen LogP contribution in [0.3, 0.4) is 0 Å². The van der Waals surface area contributed by atoms with Crippen molar-refractivity contribution in [2.24, 2.45) is 11.8 Å². The van der Waals surface area contributed by atoms with Crippen molar-refractivity contribution < 1.29 is 15.0 Å². The summed E-state index contributed by atoms with van der Waals surface area (Å²) in [6.07, 6.45) is 1.94. The number of carbonyl (C=O) groups excluding carboxylic acids is 1. The smallest absolute Gasteiger partial charge is 0.159 e. The normalized spacial score (nSPS) is 38.2. The molecule has 0 spiro atoms. The van der Waals surface area contributed by atoms with Crippen LogP contribution in [0.1, 0.15) is 26.2 Å². The van der Waals surface area contributed by atoms with Crippen molar-refractivity contribution in [1.82, 2.24) is 0 Å². The third kappa shape index (κ3) is 1.18. The SMILES string of the molecule is CC(=O)C1=C(O)C2CCC1CC2O. The molecule has 3 aliphatic carbocycles. The summed E-state index contributed by atoms with van der Waals surface area (Å²) in [6, 6.07) is 0. The summed E-state index contributed by atoms with van der Waals surface area (Å²) in [5, 5.41) is 19.3. The maximum absolute atomic E-state index is 11.2. The molecule has 0 radical (unpaired) electrons. The zero-order valence-electron chi connectivity index (χ0n) is 7.66. The highest BCUT2D eigenvalue weighted by Crippen LogP contribution is 2.44. The molecular formula is C10H14O3. The standard InChI is InChI=1S/C10H14O3/c1-5(11)9-6-2-3-7(10(9)13)8(12)4-6/h6-8,12-13H,2-4H2,1H3. The molecule has 72 valence electrons. The molecular weight excluding hydrogens is 168 g/mol. The number of hydrogen-bond donors (Lipinski definition) is 2. The zero-order chi connectivity index (χ0) is 9.59. The Hall–Kier alpha value is -0.830. The van der Waals surface area contributed by atoms with Crippen molar-refractivity contribution in [3.05, 3.63) is 11.3 Å². The predicted octanol–water partition coefficient (Wildman–Crippen LogP) is 1.18. The summed E-state index contributed by atoms with van der Waals surface area (Å²) in [5.74, 6) is 0.0306. The molecule has 0 aliphatic heterocycles. The predicted molar refractivity (Wildman–Crippen MR) is 47.2 cm³/mol. The van der Waals surface area contributed by atoms with E-state index in [1.165, 1.54) is 6.92 Å². The van der Waals surface area contributed by atoms with Gasteiger partial charge < -0.3 is 10.2 Å². The molecule has 0 aromatic carbocycles. The number of hydrogen-bond acceptors (Lipinski definition) is 3. The first-order chi connectivity index (χ1) is 6.11. The molecule has 3 aliphatic rings. The molecule has 0 saturated heterocycles. The number of carbonyl (C=O) groups is 1. The fraction of sp³-hybridized carbons (Fsp3) is 0.700. The Morgan fingerprint density at radius 1 is 1.46 bits per heavy atom. The molecule has 0 amide bonds. The topological polar surface area (TPSA) is 57.5 Å². The molecule has 3 rings (SSSR count). The molecule has 0 aromatic heterocycles. The van der Waals surface area contributed by atoms with Crippen LogP contribution < -0.4 is 0 Å². The monoisotopic (exact) mass is 182 g/mol. The fourth-order valence-electron chi connectivity index (χ4n) is 2.60. The summed E-state index contributed by atoms with van der Waals surface area (Å²) in [7, 11) is 0. The Kier molecular flexibility index (Phi) is 1.91. The lowest BCUT2D eigenvalue weighted by molar-refractivity contribution is -0.115. The van der Waals surface area contributed by atoms with Crippen LogP contribution in [0, 0.1) is 11.8 Å². The van der Waals surface area contributed by atoms with Gasteiger partial charge in [-0.3, -0.25) is 4.79 Å². The van der Waals surface area contributed by atoms with Gasteiger partial charge in [0.1, 0.15) is 5.76 Å². The van der Waals surface area contributed by atoms with E-state index in [0.717, 1.165) is 12.8 Å². The van der Waals surface area contributed by atoms with Crippen LogP contribution in [-0.2, 0) is 4.79 Å². The summed E-state index contributed by atoms with van der Waals surface area (Å²) >= 11 is 0. The third-order valence-electron chi connectivity index (χ3n) is 3.23. The van der Waals surface area contributed by atoms with Crippen molar-refractivity contribution in [3.63, 3.8) is 0 Å². The van der Waals surface area contributed by atoms with E-state index in [1.807, 2.05) is 0 Å². The average Bonchev–Trinajstić information content (AvgIpc) is 2.03. The van der Waals surface area contributed by atoms with Crippen LogP contribution in [0.5, 0.6) is 0 Å². The third-order valence-corrected chi connectivity index (χ3v) is 3.23. The van der Waals surface area contributed by atoms with E-state index < -0.39 is 6.10 Å². The van der Waals surface area contributed by atoms with Gasteiger partial charge in [-0.25, -0.2) is 0 Å². The fourth-order valence-corrected chi connectivity index (χ4v) is 2.60. The molecule has 3 atom stereocenters. The molecule has 3 heteroatoms. The molecule has 2 bridgehead atoms.